The van der Waals surface area contributed by atoms with Gasteiger partial charge >= 0.3 is 0 Å². The van der Waals surface area contributed by atoms with E-state index in [-0.39, 0.29) is 0 Å². The fourth-order valence-electron chi connectivity index (χ4n) is 5.22. The summed E-state index contributed by atoms with van der Waals surface area (Å²) in [5.41, 5.74) is 8.17. The zero-order valence-corrected chi connectivity index (χ0v) is 23.5. The smallest absolute Gasteiger partial charge is 0.164 e. The predicted molar refractivity (Wildman–Crippen MR) is 170 cm³/mol. The molecule has 5 aromatic carbocycles. The number of fused-ring (bicyclic) bond motifs is 1. The van der Waals surface area contributed by atoms with Crippen molar-refractivity contribution in [3.8, 4) is 51.2 Å². The molecule has 0 aliphatic heterocycles. The lowest BCUT2D eigenvalue weighted by Gasteiger charge is -2.13. The molecule has 0 saturated carbocycles. The van der Waals surface area contributed by atoms with Crippen LogP contribution in [0.5, 0.6) is 0 Å². The number of para-hydroxylation sites is 2. The second-order valence-corrected chi connectivity index (χ2v) is 10.6. The highest BCUT2D eigenvalue weighted by molar-refractivity contribution is 5.84. The molecular weight excluding hydrogens is 514 g/mol. The van der Waals surface area contributed by atoms with Crippen LogP contribution < -0.4 is 0 Å². The molecule has 0 aliphatic rings. The SMILES string of the molecule is CC(C)c1ccc(-n2c(-c3cccc(-c4nc(-c5ccccc5)nc(-c5ccccc5)n4)c3)nc3ccccc32)cc1. The summed E-state index contributed by atoms with van der Waals surface area (Å²) in [4.78, 5) is 19.8. The molecule has 0 spiro atoms. The zero-order valence-electron chi connectivity index (χ0n) is 23.5. The van der Waals surface area contributed by atoms with Gasteiger partial charge in [0.2, 0.25) is 0 Å². The molecule has 2 aromatic heterocycles. The van der Waals surface area contributed by atoms with Gasteiger partial charge in [-0.2, -0.15) is 0 Å². The summed E-state index contributed by atoms with van der Waals surface area (Å²) in [7, 11) is 0. The lowest BCUT2D eigenvalue weighted by Crippen LogP contribution is -2.01. The summed E-state index contributed by atoms with van der Waals surface area (Å²) in [6.45, 7) is 4.43. The predicted octanol–water partition coefficient (Wildman–Crippen LogP) is 9.00. The first-order valence-corrected chi connectivity index (χ1v) is 14.2. The first kappa shape index (κ1) is 25.5. The molecule has 0 unspecified atom stereocenters. The van der Waals surface area contributed by atoms with Gasteiger partial charge in [-0.1, -0.05) is 117 Å². The van der Waals surface area contributed by atoms with Gasteiger partial charge in [0.15, 0.2) is 17.5 Å². The molecule has 5 nitrogen and oxygen atoms in total. The topological polar surface area (TPSA) is 56.5 Å². The highest BCUT2D eigenvalue weighted by atomic mass is 15.1. The molecule has 0 amide bonds. The van der Waals surface area contributed by atoms with E-state index in [1.807, 2.05) is 78.9 Å². The lowest BCUT2D eigenvalue weighted by molar-refractivity contribution is 0.865. The van der Waals surface area contributed by atoms with Crippen LogP contribution >= 0.6 is 0 Å². The monoisotopic (exact) mass is 543 g/mol. The van der Waals surface area contributed by atoms with Gasteiger partial charge < -0.3 is 0 Å². The molecule has 7 rings (SSSR count). The molecule has 42 heavy (non-hydrogen) atoms. The van der Waals surface area contributed by atoms with Crippen molar-refractivity contribution in [3.05, 3.63) is 139 Å². The van der Waals surface area contributed by atoms with Gasteiger partial charge in [0.25, 0.3) is 0 Å². The van der Waals surface area contributed by atoms with Crippen LogP contribution in [0.2, 0.25) is 0 Å². The normalized spacial score (nSPS) is 11.3. The van der Waals surface area contributed by atoms with Crippen LogP contribution in [0.15, 0.2) is 133 Å². The summed E-state index contributed by atoms with van der Waals surface area (Å²) >= 11 is 0. The molecule has 2 heterocycles. The molecular formula is C37H29N5. The second kappa shape index (κ2) is 10.9. The third-order valence-electron chi connectivity index (χ3n) is 7.46. The van der Waals surface area contributed by atoms with E-state index in [0.29, 0.717) is 23.4 Å². The third kappa shape index (κ3) is 4.86. The second-order valence-electron chi connectivity index (χ2n) is 10.6. The maximum atomic E-state index is 5.09. The summed E-state index contributed by atoms with van der Waals surface area (Å²) in [5, 5.41) is 0. The van der Waals surface area contributed by atoms with E-state index < -0.39 is 0 Å². The van der Waals surface area contributed by atoms with E-state index in [0.717, 1.165) is 44.8 Å². The van der Waals surface area contributed by atoms with Crippen molar-refractivity contribution < 1.29 is 0 Å². The molecule has 0 fully saturated rings. The van der Waals surface area contributed by atoms with E-state index in [1.54, 1.807) is 0 Å². The Balaban J connectivity index is 1.39. The van der Waals surface area contributed by atoms with Crippen molar-refractivity contribution in [2.45, 2.75) is 19.8 Å². The summed E-state index contributed by atoms with van der Waals surface area (Å²) in [6.07, 6.45) is 0. The van der Waals surface area contributed by atoms with E-state index >= 15 is 0 Å². The number of imidazole rings is 1. The minimum atomic E-state index is 0.469. The van der Waals surface area contributed by atoms with Gasteiger partial charge in [-0.25, -0.2) is 19.9 Å². The van der Waals surface area contributed by atoms with E-state index in [4.69, 9.17) is 19.9 Å². The Hall–Kier alpha value is -5.42. The van der Waals surface area contributed by atoms with Crippen molar-refractivity contribution in [2.75, 3.05) is 0 Å². The molecule has 0 N–H and O–H groups in total. The van der Waals surface area contributed by atoms with Gasteiger partial charge in [-0.3, -0.25) is 4.57 Å². The molecule has 0 atom stereocenters. The van der Waals surface area contributed by atoms with E-state index in [2.05, 4.69) is 73.0 Å². The number of hydrogen-bond acceptors (Lipinski definition) is 4. The Kier molecular flexibility index (Phi) is 6.61. The Morgan fingerprint density at radius 2 is 1.00 bits per heavy atom. The first-order valence-electron chi connectivity index (χ1n) is 14.2. The molecule has 0 aliphatic carbocycles. The van der Waals surface area contributed by atoms with Gasteiger partial charge in [-0.05, 0) is 41.8 Å². The Bertz CT molecular complexity index is 1940. The highest BCUT2D eigenvalue weighted by Crippen LogP contribution is 2.32. The maximum Gasteiger partial charge on any atom is 0.164 e. The molecule has 202 valence electrons. The Morgan fingerprint density at radius 1 is 0.476 bits per heavy atom. The van der Waals surface area contributed by atoms with Crippen molar-refractivity contribution in [2.24, 2.45) is 0 Å². The van der Waals surface area contributed by atoms with Crippen molar-refractivity contribution in [1.82, 2.24) is 24.5 Å². The fraction of sp³-hybridized carbons (Fsp3) is 0.0811. The van der Waals surface area contributed by atoms with Crippen LogP contribution in [0.3, 0.4) is 0 Å². The minimum absolute atomic E-state index is 0.469. The number of benzene rings is 5. The average Bonchev–Trinajstić information content (AvgIpc) is 3.45. The Morgan fingerprint density at radius 3 is 1.62 bits per heavy atom. The highest BCUT2D eigenvalue weighted by Gasteiger charge is 2.17. The van der Waals surface area contributed by atoms with Crippen LogP contribution in [-0.4, -0.2) is 24.5 Å². The lowest BCUT2D eigenvalue weighted by atomic mass is 10.0. The summed E-state index contributed by atoms with van der Waals surface area (Å²) in [5.74, 6) is 3.24. The number of nitrogens with zero attached hydrogens (tertiary/aromatic N) is 5. The summed E-state index contributed by atoms with van der Waals surface area (Å²) < 4.78 is 2.23. The molecule has 7 aromatic rings. The fourth-order valence-corrected chi connectivity index (χ4v) is 5.22. The molecule has 0 radical (unpaired) electrons. The standard InChI is InChI=1S/C37H29N5/c1-25(2)26-20-22-31(23-21-26)42-33-19-10-9-18-32(33)38-37(42)30-17-11-16-29(24-30)36-40-34(27-12-5-3-6-13-27)39-35(41-36)28-14-7-4-8-15-28/h3-25H,1-2H3. The van der Waals surface area contributed by atoms with Crippen LogP contribution in [0.25, 0.3) is 62.3 Å². The maximum absolute atomic E-state index is 5.09. The average molecular weight is 544 g/mol. The van der Waals surface area contributed by atoms with Crippen LogP contribution in [-0.2, 0) is 0 Å². The number of rotatable bonds is 6. The van der Waals surface area contributed by atoms with E-state index in [9.17, 15) is 0 Å². The van der Waals surface area contributed by atoms with Gasteiger partial charge in [-0.15, -0.1) is 0 Å². The van der Waals surface area contributed by atoms with E-state index in [1.165, 1.54) is 5.56 Å². The third-order valence-corrected chi connectivity index (χ3v) is 7.46. The van der Waals surface area contributed by atoms with Gasteiger partial charge in [0.05, 0.1) is 11.0 Å². The van der Waals surface area contributed by atoms with Crippen LogP contribution in [0, 0.1) is 0 Å². The number of aromatic nitrogens is 5. The Labute approximate surface area is 245 Å². The van der Waals surface area contributed by atoms with Crippen LogP contribution in [0.1, 0.15) is 25.3 Å². The van der Waals surface area contributed by atoms with Crippen LogP contribution in [0.4, 0.5) is 0 Å². The minimum Gasteiger partial charge on any atom is -0.292 e. The van der Waals surface area contributed by atoms with Crippen molar-refractivity contribution >= 4 is 11.0 Å². The largest absolute Gasteiger partial charge is 0.292 e. The first-order chi connectivity index (χ1) is 20.6. The summed E-state index contributed by atoms with van der Waals surface area (Å²) in [6, 6.07) is 45.5. The zero-order chi connectivity index (χ0) is 28.5. The van der Waals surface area contributed by atoms with Gasteiger partial charge in [0.1, 0.15) is 5.82 Å². The van der Waals surface area contributed by atoms with Gasteiger partial charge in [0, 0.05) is 27.9 Å². The van der Waals surface area contributed by atoms with Crippen molar-refractivity contribution in [3.63, 3.8) is 0 Å². The molecule has 5 heteroatoms. The molecule has 0 bridgehead atoms. The quantitative estimate of drug-likeness (QED) is 0.210. The van der Waals surface area contributed by atoms with Crippen molar-refractivity contribution in [1.29, 1.82) is 0 Å². The number of hydrogen-bond donors (Lipinski definition) is 0. The molecule has 0 saturated heterocycles.